The SMILES string of the molecule is CCOc1ccc(NC(=O)[C@H]2[C@@H]3SC4(CC3Br)C(C(=O)Nc3ccc(Cl)cc3)N([C@@H](CC)CO)C(=O)[C@H]24)cc1. The minimum atomic E-state index is -0.846. The number of rotatable bonds is 9. The molecule has 3 amide bonds. The molecule has 0 aliphatic carbocycles. The van der Waals surface area contributed by atoms with Crippen molar-refractivity contribution in [2.75, 3.05) is 23.8 Å². The Morgan fingerprint density at radius 3 is 2.33 bits per heavy atom. The second-order valence-corrected chi connectivity index (χ2v) is 13.2. The van der Waals surface area contributed by atoms with Gasteiger partial charge < -0.3 is 25.4 Å². The molecule has 0 radical (unpaired) electrons. The Morgan fingerprint density at radius 1 is 1.13 bits per heavy atom. The van der Waals surface area contributed by atoms with Crippen molar-refractivity contribution in [1.82, 2.24) is 4.90 Å². The van der Waals surface area contributed by atoms with Gasteiger partial charge in [-0.05, 0) is 68.3 Å². The van der Waals surface area contributed by atoms with E-state index in [9.17, 15) is 19.5 Å². The van der Waals surface area contributed by atoms with Gasteiger partial charge in [0.25, 0.3) is 0 Å². The molecule has 2 bridgehead atoms. The molecule has 2 aromatic carbocycles. The summed E-state index contributed by atoms with van der Waals surface area (Å²) < 4.78 is 4.68. The van der Waals surface area contributed by atoms with E-state index in [2.05, 4.69) is 26.6 Å². The van der Waals surface area contributed by atoms with Gasteiger partial charge in [-0.2, -0.15) is 0 Å². The summed E-state index contributed by atoms with van der Waals surface area (Å²) in [6.45, 7) is 4.05. The minimum absolute atomic E-state index is 0.0531. The van der Waals surface area contributed by atoms with E-state index in [4.69, 9.17) is 16.3 Å². The molecular weight excluding hydrogens is 606 g/mol. The largest absolute Gasteiger partial charge is 0.494 e. The molecule has 3 saturated heterocycles. The molecule has 39 heavy (non-hydrogen) atoms. The summed E-state index contributed by atoms with van der Waals surface area (Å²) in [5, 5.41) is 16.5. The van der Waals surface area contributed by atoms with Crippen molar-refractivity contribution < 1.29 is 24.2 Å². The molecule has 0 aromatic heterocycles. The molecule has 3 fully saturated rings. The maximum Gasteiger partial charge on any atom is 0.248 e. The van der Waals surface area contributed by atoms with Crippen LogP contribution in [0.3, 0.4) is 0 Å². The number of nitrogens with one attached hydrogen (secondary N) is 2. The lowest BCUT2D eigenvalue weighted by Gasteiger charge is -2.37. The highest BCUT2D eigenvalue weighted by Crippen LogP contribution is 2.68. The summed E-state index contributed by atoms with van der Waals surface area (Å²) in [4.78, 5) is 43.3. The first-order chi connectivity index (χ1) is 18.7. The maximum absolute atomic E-state index is 14.1. The third kappa shape index (κ3) is 4.94. The summed E-state index contributed by atoms with van der Waals surface area (Å²) in [7, 11) is 0. The van der Waals surface area contributed by atoms with Gasteiger partial charge in [0.1, 0.15) is 11.8 Å². The highest BCUT2D eigenvalue weighted by molar-refractivity contribution is 9.09. The molecule has 3 heterocycles. The third-order valence-electron chi connectivity index (χ3n) is 7.90. The molecule has 1 spiro atoms. The van der Waals surface area contributed by atoms with Gasteiger partial charge in [0, 0.05) is 26.5 Å². The van der Waals surface area contributed by atoms with Crippen LogP contribution >= 0.6 is 39.3 Å². The summed E-state index contributed by atoms with van der Waals surface area (Å²) in [5.41, 5.74) is 1.17. The normalized spacial score (nSPS) is 29.7. The van der Waals surface area contributed by atoms with Crippen molar-refractivity contribution in [3.8, 4) is 5.75 Å². The van der Waals surface area contributed by atoms with E-state index < -0.39 is 28.7 Å². The zero-order chi connectivity index (χ0) is 27.9. The zero-order valence-electron chi connectivity index (χ0n) is 21.6. The summed E-state index contributed by atoms with van der Waals surface area (Å²) in [6.07, 6.45) is 1.04. The van der Waals surface area contributed by atoms with E-state index in [1.165, 1.54) is 0 Å². The van der Waals surface area contributed by atoms with Crippen LogP contribution in [0.5, 0.6) is 5.75 Å². The van der Waals surface area contributed by atoms with Gasteiger partial charge in [-0.3, -0.25) is 14.4 Å². The zero-order valence-corrected chi connectivity index (χ0v) is 24.8. The number of likely N-dealkylation sites (tertiary alicyclic amines) is 1. The van der Waals surface area contributed by atoms with Crippen LogP contribution in [0.4, 0.5) is 11.4 Å². The van der Waals surface area contributed by atoms with Crippen LogP contribution in [0.2, 0.25) is 5.02 Å². The number of fused-ring (bicyclic) bond motifs is 1. The number of ether oxygens (including phenoxy) is 1. The standard InChI is InChI=1S/C28H31BrClN3O5S/c1-3-18(14-34)33-24(26(36)32-16-7-5-15(30)6-8-16)28-13-20(29)23(39-28)21(22(28)27(33)37)25(35)31-17-9-11-19(12-10-17)38-4-2/h5-12,18,20-24,34H,3-4,13-14H2,1-2H3,(H,31,35)(H,32,36)/t18-,20?,21+,22-,23+,24?,28?/m0/s1. The van der Waals surface area contributed by atoms with Crippen LogP contribution in [0.25, 0.3) is 0 Å². The molecule has 3 N–H and O–H groups in total. The number of hydrogen-bond acceptors (Lipinski definition) is 6. The smallest absolute Gasteiger partial charge is 0.248 e. The fraction of sp³-hybridized carbons (Fsp3) is 0.464. The van der Waals surface area contributed by atoms with Gasteiger partial charge in [-0.1, -0.05) is 34.5 Å². The van der Waals surface area contributed by atoms with E-state index in [1.54, 1.807) is 65.2 Å². The van der Waals surface area contributed by atoms with E-state index >= 15 is 0 Å². The number of aliphatic hydroxyl groups is 1. The van der Waals surface area contributed by atoms with Crippen molar-refractivity contribution in [1.29, 1.82) is 0 Å². The number of benzene rings is 2. The van der Waals surface area contributed by atoms with Crippen LogP contribution < -0.4 is 15.4 Å². The third-order valence-corrected chi connectivity index (χ3v) is 11.4. The monoisotopic (exact) mass is 635 g/mol. The van der Waals surface area contributed by atoms with Crippen LogP contribution in [0.15, 0.2) is 48.5 Å². The van der Waals surface area contributed by atoms with Crippen molar-refractivity contribution in [2.45, 2.75) is 53.6 Å². The number of carbonyl (C=O) groups excluding carboxylic acids is 3. The molecule has 0 saturated carbocycles. The Bertz CT molecular complexity index is 1240. The lowest BCUT2D eigenvalue weighted by Crippen LogP contribution is -2.55. The van der Waals surface area contributed by atoms with E-state index in [0.717, 1.165) is 0 Å². The molecular formula is C28H31BrClN3O5S. The van der Waals surface area contributed by atoms with Gasteiger partial charge in [0.2, 0.25) is 17.7 Å². The second-order valence-electron chi connectivity index (χ2n) is 10.1. The second kappa shape index (κ2) is 11.3. The van der Waals surface area contributed by atoms with Crippen molar-refractivity contribution in [3.63, 3.8) is 0 Å². The minimum Gasteiger partial charge on any atom is -0.494 e. The predicted molar refractivity (Wildman–Crippen MR) is 157 cm³/mol. The Hall–Kier alpha value is -2.27. The molecule has 7 atom stereocenters. The summed E-state index contributed by atoms with van der Waals surface area (Å²) in [5.74, 6) is -1.47. The Morgan fingerprint density at radius 2 is 1.74 bits per heavy atom. The van der Waals surface area contributed by atoms with E-state index in [0.29, 0.717) is 41.6 Å². The molecule has 208 valence electrons. The molecule has 3 aliphatic rings. The van der Waals surface area contributed by atoms with Crippen LogP contribution in [-0.2, 0) is 14.4 Å². The number of alkyl halides is 1. The fourth-order valence-corrected chi connectivity index (χ4v) is 9.97. The van der Waals surface area contributed by atoms with Crippen molar-refractivity contribution in [3.05, 3.63) is 53.6 Å². The van der Waals surface area contributed by atoms with E-state index in [1.807, 2.05) is 13.8 Å². The quantitative estimate of drug-likeness (QED) is 0.349. The van der Waals surface area contributed by atoms with Crippen LogP contribution in [0, 0.1) is 11.8 Å². The van der Waals surface area contributed by atoms with Gasteiger partial charge >= 0.3 is 0 Å². The van der Waals surface area contributed by atoms with E-state index in [-0.39, 0.29) is 34.4 Å². The van der Waals surface area contributed by atoms with Crippen LogP contribution in [-0.4, -0.2) is 67.8 Å². The number of nitrogens with zero attached hydrogens (tertiary/aromatic N) is 1. The highest BCUT2D eigenvalue weighted by atomic mass is 79.9. The lowest BCUT2D eigenvalue weighted by molar-refractivity contribution is -0.141. The lowest BCUT2D eigenvalue weighted by atomic mass is 9.70. The first-order valence-electron chi connectivity index (χ1n) is 13.1. The molecule has 11 heteroatoms. The molecule has 8 nitrogen and oxygen atoms in total. The van der Waals surface area contributed by atoms with Gasteiger partial charge in [-0.15, -0.1) is 11.8 Å². The van der Waals surface area contributed by atoms with Crippen molar-refractivity contribution in [2.24, 2.45) is 11.8 Å². The summed E-state index contributed by atoms with van der Waals surface area (Å²) in [6, 6.07) is 12.5. The average Bonchev–Trinajstić information content (AvgIpc) is 3.51. The first kappa shape index (κ1) is 28.3. The number of halogens is 2. The number of thioether (sulfide) groups is 1. The molecule has 3 aliphatic heterocycles. The fourth-order valence-electron chi connectivity index (χ4n) is 6.24. The molecule has 2 aromatic rings. The molecule has 5 rings (SSSR count). The van der Waals surface area contributed by atoms with Crippen LogP contribution in [0.1, 0.15) is 26.7 Å². The number of carbonyl (C=O) groups is 3. The first-order valence-corrected chi connectivity index (χ1v) is 15.3. The highest BCUT2D eigenvalue weighted by Gasteiger charge is 2.76. The Kier molecular flexibility index (Phi) is 8.20. The average molecular weight is 637 g/mol. The maximum atomic E-state index is 14.1. The number of aliphatic hydroxyl groups excluding tert-OH is 1. The Labute approximate surface area is 245 Å². The Balaban J connectivity index is 1.47. The number of hydrogen-bond donors (Lipinski definition) is 3. The number of amides is 3. The van der Waals surface area contributed by atoms with Gasteiger partial charge in [-0.25, -0.2) is 0 Å². The topological polar surface area (TPSA) is 108 Å². The predicted octanol–water partition coefficient (Wildman–Crippen LogP) is 4.55. The molecule has 3 unspecified atom stereocenters. The van der Waals surface area contributed by atoms with Crippen molar-refractivity contribution >= 4 is 68.4 Å². The summed E-state index contributed by atoms with van der Waals surface area (Å²) >= 11 is 11.3. The van der Waals surface area contributed by atoms with Gasteiger partial charge in [0.15, 0.2) is 0 Å². The van der Waals surface area contributed by atoms with Gasteiger partial charge in [0.05, 0.1) is 35.8 Å². The number of anilines is 2.